The largest absolute Gasteiger partial charge is 0.508 e. The molecule has 0 saturated heterocycles. The van der Waals surface area contributed by atoms with Crippen molar-refractivity contribution in [2.75, 3.05) is 0 Å². The second-order valence-corrected chi connectivity index (χ2v) is 4.68. The molecule has 1 atom stereocenters. The predicted octanol–water partition coefficient (Wildman–Crippen LogP) is 1.58. The van der Waals surface area contributed by atoms with E-state index >= 15 is 0 Å². The van der Waals surface area contributed by atoms with E-state index in [4.69, 9.17) is 5.73 Å². The van der Waals surface area contributed by atoms with Crippen molar-refractivity contribution in [1.82, 2.24) is 5.32 Å². The van der Waals surface area contributed by atoms with Crippen molar-refractivity contribution in [3.63, 3.8) is 0 Å². The molecule has 0 saturated carbocycles. The molecule has 4 heteroatoms. The predicted molar refractivity (Wildman–Crippen MR) is 78.1 cm³/mol. The summed E-state index contributed by atoms with van der Waals surface area (Å²) in [5, 5.41) is 12.0. The summed E-state index contributed by atoms with van der Waals surface area (Å²) >= 11 is 0. The van der Waals surface area contributed by atoms with E-state index in [-0.39, 0.29) is 11.7 Å². The molecule has 0 aliphatic rings. The molecule has 4 N–H and O–H groups in total. The van der Waals surface area contributed by atoms with Crippen LogP contribution in [0.3, 0.4) is 0 Å². The maximum Gasteiger partial charge on any atom is 0.237 e. The summed E-state index contributed by atoms with van der Waals surface area (Å²) in [6.45, 7) is 0.475. The van der Waals surface area contributed by atoms with Crippen LogP contribution >= 0.6 is 0 Å². The average molecular weight is 270 g/mol. The molecular formula is C16H18N2O2. The Morgan fingerprint density at radius 1 is 1.05 bits per heavy atom. The van der Waals surface area contributed by atoms with Gasteiger partial charge in [-0.25, -0.2) is 0 Å². The second-order valence-electron chi connectivity index (χ2n) is 4.68. The highest BCUT2D eigenvalue weighted by atomic mass is 16.3. The lowest BCUT2D eigenvalue weighted by Crippen LogP contribution is -2.41. The summed E-state index contributed by atoms with van der Waals surface area (Å²) in [5.41, 5.74) is 7.84. The van der Waals surface area contributed by atoms with Gasteiger partial charge < -0.3 is 16.2 Å². The number of hydrogen-bond donors (Lipinski definition) is 3. The quantitative estimate of drug-likeness (QED) is 0.772. The van der Waals surface area contributed by atoms with Crippen LogP contribution in [0.25, 0.3) is 0 Å². The minimum Gasteiger partial charge on any atom is -0.508 e. The summed E-state index contributed by atoms with van der Waals surface area (Å²) in [6.07, 6.45) is 0.445. The van der Waals surface area contributed by atoms with Crippen molar-refractivity contribution in [2.45, 2.75) is 19.0 Å². The Morgan fingerprint density at radius 3 is 2.35 bits per heavy atom. The van der Waals surface area contributed by atoms with Gasteiger partial charge in [0.05, 0.1) is 6.04 Å². The number of carbonyl (C=O) groups excluding carboxylic acids is 1. The number of carbonyl (C=O) groups is 1. The molecule has 0 aliphatic carbocycles. The molecule has 0 aliphatic heterocycles. The van der Waals surface area contributed by atoms with E-state index in [0.717, 1.165) is 11.1 Å². The lowest BCUT2D eigenvalue weighted by molar-refractivity contribution is -0.122. The molecule has 2 aromatic rings. The van der Waals surface area contributed by atoms with Gasteiger partial charge in [0.15, 0.2) is 0 Å². The first kappa shape index (κ1) is 14.1. The van der Waals surface area contributed by atoms with Crippen molar-refractivity contribution in [3.05, 3.63) is 65.7 Å². The Labute approximate surface area is 118 Å². The summed E-state index contributed by atoms with van der Waals surface area (Å²) in [5.74, 6) is 0.0257. The van der Waals surface area contributed by atoms with Crippen LogP contribution in [0.1, 0.15) is 11.1 Å². The van der Waals surface area contributed by atoms with Crippen LogP contribution in [0, 0.1) is 0 Å². The maximum absolute atomic E-state index is 11.9. The lowest BCUT2D eigenvalue weighted by atomic mass is 10.1. The van der Waals surface area contributed by atoms with Crippen LogP contribution in [-0.2, 0) is 17.8 Å². The Bertz CT molecular complexity index is 552. The summed E-state index contributed by atoms with van der Waals surface area (Å²) in [4.78, 5) is 11.9. The highest BCUT2D eigenvalue weighted by molar-refractivity contribution is 5.81. The minimum atomic E-state index is -0.594. The van der Waals surface area contributed by atoms with Gasteiger partial charge in [-0.3, -0.25) is 4.79 Å². The highest BCUT2D eigenvalue weighted by Crippen LogP contribution is 2.10. The van der Waals surface area contributed by atoms with Gasteiger partial charge in [0, 0.05) is 6.54 Å². The Kier molecular flexibility index (Phi) is 4.74. The van der Waals surface area contributed by atoms with Crippen LogP contribution in [0.15, 0.2) is 54.6 Å². The molecule has 0 heterocycles. The zero-order valence-electron chi connectivity index (χ0n) is 11.1. The SMILES string of the molecule is NC(Cc1ccc(O)cc1)C(=O)NCc1ccccc1. The molecule has 0 fully saturated rings. The summed E-state index contributed by atoms with van der Waals surface area (Å²) < 4.78 is 0. The fourth-order valence-corrected chi connectivity index (χ4v) is 1.89. The fourth-order valence-electron chi connectivity index (χ4n) is 1.89. The van der Waals surface area contributed by atoms with Crippen molar-refractivity contribution in [3.8, 4) is 5.75 Å². The lowest BCUT2D eigenvalue weighted by Gasteiger charge is -2.12. The number of nitrogens with two attached hydrogens (primary N) is 1. The monoisotopic (exact) mass is 270 g/mol. The smallest absolute Gasteiger partial charge is 0.237 e. The Morgan fingerprint density at radius 2 is 1.70 bits per heavy atom. The molecule has 0 bridgehead atoms. The van der Waals surface area contributed by atoms with E-state index in [1.54, 1.807) is 24.3 Å². The number of hydrogen-bond acceptors (Lipinski definition) is 3. The van der Waals surface area contributed by atoms with Gasteiger partial charge in [-0.15, -0.1) is 0 Å². The van der Waals surface area contributed by atoms with Crippen molar-refractivity contribution >= 4 is 5.91 Å². The number of aromatic hydroxyl groups is 1. The molecule has 2 aromatic carbocycles. The van der Waals surface area contributed by atoms with Gasteiger partial charge in [-0.1, -0.05) is 42.5 Å². The first-order chi connectivity index (χ1) is 9.65. The van der Waals surface area contributed by atoms with E-state index in [0.29, 0.717) is 13.0 Å². The van der Waals surface area contributed by atoms with Crippen LogP contribution in [0.5, 0.6) is 5.75 Å². The average Bonchev–Trinajstić information content (AvgIpc) is 2.48. The van der Waals surface area contributed by atoms with Gasteiger partial charge in [0.1, 0.15) is 5.75 Å². The number of phenols is 1. The van der Waals surface area contributed by atoms with E-state index in [1.807, 2.05) is 30.3 Å². The standard InChI is InChI=1S/C16H18N2O2/c17-15(10-12-6-8-14(19)9-7-12)16(20)18-11-13-4-2-1-3-5-13/h1-9,15,19H,10-11,17H2,(H,18,20). The molecule has 1 amide bonds. The topological polar surface area (TPSA) is 75.3 Å². The number of nitrogens with one attached hydrogen (secondary N) is 1. The summed E-state index contributed by atoms with van der Waals surface area (Å²) in [7, 11) is 0. The van der Waals surface area contributed by atoms with Gasteiger partial charge in [-0.2, -0.15) is 0 Å². The fraction of sp³-hybridized carbons (Fsp3) is 0.188. The first-order valence-electron chi connectivity index (χ1n) is 6.50. The Balaban J connectivity index is 1.84. The number of benzene rings is 2. The number of amides is 1. The van der Waals surface area contributed by atoms with Crippen molar-refractivity contribution in [2.24, 2.45) is 5.73 Å². The van der Waals surface area contributed by atoms with E-state index < -0.39 is 6.04 Å². The molecule has 104 valence electrons. The Hall–Kier alpha value is -2.33. The van der Waals surface area contributed by atoms with Crippen molar-refractivity contribution < 1.29 is 9.90 Å². The van der Waals surface area contributed by atoms with E-state index in [1.165, 1.54) is 0 Å². The zero-order chi connectivity index (χ0) is 14.4. The molecule has 4 nitrogen and oxygen atoms in total. The van der Waals surface area contributed by atoms with Crippen LogP contribution in [0.2, 0.25) is 0 Å². The molecule has 0 spiro atoms. The van der Waals surface area contributed by atoms with Crippen molar-refractivity contribution in [1.29, 1.82) is 0 Å². The van der Waals surface area contributed by atoms with Gasteiger partial charge in [-0.05, 0) is 29.7 Å². The molecule has 1 unspecified atom stereocenters. The maximum atomic E-state index is 11.9. The third-order valence-corrected chi connectivity index (χ3v) is 3.04. The molecular weight excluding hydrogens is 252 g/mol. The second kappa shape index (κ2) is 6.73. The third kappa shape index (κ3) is 4.10. The summed E-state index contributed by atoms with van der Waals surface area (Å²) in [6, 6.07) is 15.8. The minimum absolute atomic E-state index is 0.179. The first-order valence-corrected chi connectivity index (χ1v) is 6.50. The van der Waals surface area contributed by atoms with Crippen LogP contribution < -0.4 is 11.1 Å². The van der Waals surface area contributed by atoms with Gasteiger partial charge in [0.2, 0.25) is 5.91 Å². The van der Waals surface area contributed by atoms with E-state index in [2.05, 4.69) is 5.32 Å². The van der Waals surface area contributed by atoms with Gasteiger partial charge >= 0.3 is 0 Å². The molecule has 0 radical (unpaired) electrons. The normalized spacial score (nSPS) is 11.8. The van der Waals surface area contributed by atoms with Crippen LogP contribution in [0.4, 0.5) is 0 Å². The van der Waals surface area contributed by atoms with Gasteiger partial charge in [0.25, 0.3) is 0 Å². The van der Waals surface area contributed by atoms with E-state index in [9.17, 15) is 9.90 Å². The zero-order valence-corrected chi connectivity index (χ0v) is 11.1. The molecule has 2 rings (SSSR count). The van der Waals surface area contributed by atoms with Crippen LogP contribution in [-0.4, -0.2) is 17.1 Å². The number of phenolic OH excluding ortho intramolecular Hbond substituents is 1. The highest BCUT2D eigenvalue weighted by Gasteiger charge is 2.13. The molecule has 20 heavy (non-hydrogen) atoms. The number of rotatable bonds is 5. The third-order valence-electron chi connectivity index (χ3n) is 3.04. The molecule has 0 aromatic heterocycles.